The molecule has 0 bridgehead atoms. The zero-order valence-electron chi connectivity index (χ0n) is 15.0. The molecule has 1 amide bonds. The summed E-state index contributed by atoms with van der Waals surface area (Å²) < 4.78 is 0. The molecule has 26 heavy (non-hydrogen) atoms. The van der Waals surface area contributed by atoms with Crippen LogP contribution in [0.1, 0.15) is 29.3 Å². The topological polar surface area (TPSA) is 61.0 Å². The number of hydrogen-bond acceptors (Lipinski definition) is 3. The quantitative estimate of drug-likeness (QED) is 0.745. The summed E-state index contributed by atoms with van der Waals surface area (Å²) in [6.45, 7) is 4.89. The van der Waals surface area contributed by atoms with Crippen molar-refractivity contribution in [2.75, 3.05) is 19.6 Å². The van der Waals surface area contributed by atoms with Crippen molar-refractivity contribution in [1.82, 2.24) is 20.2 Å². The molecule has 4 rings (SSSR count). The van der Waals surface area contributed by atoms with Gasteiger partial charge in [-0.25, -0.2) is 4.98 Å². The predicted molar refractivity (Wildman–Crippen MR) is 103 cm³/mol. The highest BCUT2D eigenvalue weighted by Crippen LogP contribution is 2.26. The third-order valence-corrected chi connectivity index (χ3v) is 5.06. The summed E-state index contributed by atoms with van der Waals surface area (Å²) in [4.78, 5) is 22.2. The van der Waals surface area contributed by atoms with E-state index in [1.54, 1.807) is 0 Å². The van der Waals surface area contributed by atoms with E-state index in [1.807, 2.05) is 25.1 Å². The number of hydrogen-bond donors (Lipinski definition) is 2. The van der Waals surface area contributed by atoms with Gasteiger partial charge in [0.05, 0.1) is 17.6 Å². The number of amides is 1. The molecule has 3 aromatic rings. The zero-order chi connectivity index (χ0) is 17.9. The average Bonchev–Trinajstić information content (AvgIpc) is 3.26. The number of imidazole rings is 1. The number of likely N-dealkylation sites (tertiary alicyclic amines) is 1. The summed E-state index contributed by atoms with van der Waals surface area (Å²) in [7, 11) is 0. The van der Waals surface area contributed by atoms with Crippen molar-refractivity contribution in [2.24, 2.45) is 0 Å². The minimum absolute atomic E-state index is 0.0830. The molecule has 2 heterocycles. The van der Waals surface area contributed by atoms with Gasteiger partial charge in [0.15, 0.2) is 0 Å². The Labute approximate surface area is 153 Å². The van der Waals surface area contributed by atoms with E-state index in [2.05, 4.69) is 50.5 Å². The number of carbonyl (C=O) groups excluding carboxylic acids is 1. The van der Waals surface area contributed by atoms with E-state index in [0.717, 1.165) is 41.9 Å². The lowest BCUT2D eigenvalue weighted by atomic mass is 9.99. The van der Waals surface area contributed by atoms with Crippen LogP contribution in [-0.2, 0) is 11.3 Å². The van der Waals surface area contributed by atoms with Gasteiger partial charge in [0.2, 0.25) is 5.91 Å². The number of aryl methyl sites for hydroxylation is 1. The van der Waals surface area contributed by atoms with Crippen molar-refractivity contribution in [1.29, 1.82) is 0 Å². The van der Waals surface area contributed by atoms with Crippen LogP contribution in [0.15, 0.2) is 48.5 Å². The highest BCUT2D eigenvalue weighted by Gasteiger charge is 2.24. The maximum Gasteiger partial charge on any atom is 0.234 e. The third kappa shape index (κ3) is 3.78. The lowest BCUT2D eigenvalue weighted by Gasteiger charge is -2.16. The van der Waals surface area contributed by atoms with Crippen LogP contribution >= 0.6 is 0 Å². The smallest absolute Gasteiger partial charge is 0.234 e. The molecule has 1 aliphatic heterocycles. The van der Waals surface area contributed by atoms with E-state index in [4.69, 9.17) is 0 Å². The molecule has 1 aliphatic rings. The second kappa shape index (κ2) is 7.30. The SMILES string of the molecule is Cc1nc2ccc(CNC(=O)CN3CCC(c4ccccc4)C3)cc2[nH]1. The molecule has 1 fully saturated rings. The second-order valence-electron chi connectivity index (χ2n) is 7.08. The van der Waals surface area contributed by atoms with Crippen LogP contribution in [0.4, 0.5) is 0 Å². The minimum atomic E-state index is 0.0830. The van der Waals surface area contributed by atoms with Gasteiger partial charge in [0, 0.05) is 13.1 Å². The van der Waals surface area contributed by atoms with E-state index in [9.17, 15) is 4.79 Å². The van der Waals surface area contributed by atoms with Crippen LogP contribution in [0.25, 0.3) is 11.0 Å². The van der Waals surface area contributed by atoms with Gasteiger partial charge in [-0.05, 0) is 49.1 Å². The fraction of sp³-hybridized carbons (Fsp3) is 0.333. The number of fused-ring (bicyclic) bond motifs is 1. The van der Waals surface area contributed by atoms with Crippen LogP contribution in [0.2, 0.25) is 0 Å². The number of rotatable bonds is 5. The van der Waals surface area contributed by atoms with E-state index < -0.39 is 0 Å². The number of aromatic nitrogens is 2. The molecule has 2 N–H and O–H groups in total. The first kappa shape index (κ1) is 16.8. The summed E-state index contributed by atoms with van der Waals surface area (Å²) >= 11 is 0. The van der Waals surface area contributed by atoms with Crippen LogP contribution < -0.4 is 5.32 Å². The highest BCUT2D eigenvalue weighted by atomic mass is 16.2. The normalized spacial score (nSPS) is 17.7. The molecule has 1 aromatic heterocycles. The first-order valence-electron chi connectivity index (χ1n) is 9.16. The highest BCUT2D eigenvalue weighted by molar-refractivity contribution is 5.79. The lowest BCUT2D eigenvalue weighted by Crippen LogP contribution is -2.35. The largest absolute Gasteiger partial charge is 0.351 e. The molecule has 1 atom stereocenters. The summed E-state index contributed by atoms with van der Waals surface area (Å²) in [6, 6.07) is 16.6. The molecular weight excluding hydrogens is 324 g/mol. The molecule has 5 nitrogen and oxygen atoms in total. The maximum atomic E-state index is 12.3. The molecule has 2 aromatic carbocycles. The summed E-state index contributed by atoms with van der Waals surface area (Å²) in [5.41, 5.74) is 4.43. The van der Waals surface area contributed by atoms with Crippen molar-refractivity contribution in [3.05, 3.63) is 65.5 Å². The molecule has 134 valence electrons. The number of nitrogens with one attached hydrogen (secondary N) is 2. The first-order chi connectivity index (χ1) is 12.7. The Kier molecular flexibility index (Phi) is 4.71. The van der Waals surface area contributed by atoms with Crippen molar-refractivity contribution in [3.8, 4) is 0 Å². The fourth-order valence-electron chi connectivity index (χ4n) is 3.73. The summed E-state index contributed by atoms with van der Waals surface area (Å²) in [6.07, 6.45) is 1.12. The first-order valence-corrected chi connectivity index (χ1v) is 9.16. The van der Waals surface area contributed by atoms with E-state index in [0.29, 0.717) is 19.0 Å². The molecule has 1 saturated heterocycles. The van der Waals surface area contributed by atoms with Crippen molar-refractivity contribution >= 4 is 16.9 Å². The number of benzene rings is 2. The van der Waals surface area contributed by atoms with Gasteiger partial charge >= 0.3 is 0 Å². The van der Waals surface area contributed by atoms with Gasteiger partial charge in [0.1, 0.15) is 5.82 Å². The van der Waals surface area contributed by atoms with E-state index >= 15 is 0 Å². The molecular formula is C21H24N4O. The molecule has 0 saturated carbocycles. The van der Waals surface area contributed by atoms with Gasteiger partial charge in [-0.1, -0.05) is 36.4 Å². The van der Waals surface area contributed by atoms with Crippen LogP contribution in [0, 0.1) is 6.92 Å². The van der Waals surface area contributed by atoms with Gasteiger partial charge < -0.3 is 10.3 Å². The number of carbonyl (C=O) groups is 1. The Morgan fingerprint density at radius 1 is 1.27 bits per heavy atom. The average molecular weight is 348 g/mol. The fourth-order valence-corrected chi connectivity index (χ4v) is 3.73. The Balaban J connectivity index is 1.28. The standard InChI is InChI=1S/C21H24N4O/c1-15-23-19-8-7-16(11-20(19)24-15)12-22-21(26)14-25-10-9-18(13-25)17-5-3-2-4-6-17/h2-8,11,18H,9-10,12-14H2,1H3,(H,22,26)(H,23,24). The van der Waals surface area contributed by atoms with Gasteiger partial charge in [-0.3, -0.25) is 9.69 Å². The molecule has 5 heteroatoms. The Bertz CT molecular complexity index is 903. The third-order valence-electron chi connectivity index (χ3n) is 5.06. The van der Waals surface area contributed by atoms with Gasteiger partial charge in [-0.2, -0.15) is 0 Å². The van der Waals surface area contributed by atoms with Crippen LogP contribution in [-0.4, -0.2) is 40.4 Å². The molecule has 0 aliphatic carbocycles. The predicted octanol–water partition coefficient (Wildman–Crippen LogP) is 2.98. The van der Waals surface area contributed by atoms with E-state index in [-0.39, 0.29) is 5.91 Å². The number of aromatic amines is 1. The second-order valence-corrected chi connectivity index (χ2v) is 7.08. The number of H-pyrrole nitrogens is 1. The number of nitrogens with zero attached hydrogens (tertiary/aromatic N) is 2. The Morgan fingerprint density at radius 2 is 2.12 bits per heavy atom. The van der Waals surface area contributed by atoms with Gasteiger partial charge in [-0.15, -0.1) is 0 Å². The van der Waals surface area contributed by atoms with Crippen molar-refractivity contribution < 1.29 is 4.79 Å². The maximum absolute atomic E-state index is 12.3. The zero-order valence-corrected chi connectivity index (χ0v) is 15.0. The minimum Gasteiger partial charge on any atom is -0.351 e. The van der Waals surface area contributed by atoms with Crippen molar-refractivity contribution in [2.45, 2.75) is 25.8 Å². The van der Waals surface area contributed by atoms with Crippen LogP contribution in [0.3, 0.4) is 0 Å². The van der Waals surface area contributed by atoms with Crippen LogP contribution in [0.5, 0.6) is 0 Å². The monoisotopic (exact) mass is 348 g/mol. The Hall–Kier alpha value is -2.66. The summed E-state index contributed by atoms with van der Waals surface area (Å²) in [5, 5.41) is 3.04. The molecule has 1 unspecified atom stereocenters. The summed E-state index contributed by atoms with van der Waals surface area (Å²) in [5.74, 6) is 1.53. The van der Waals surface area contributed by atoms with Crippen molar-refractivity contribution in [3.63, 3.8) is 0 Å². The van der Waals surface area contributed by atoms with E-state index in [1.165, 1.54) is 5.56 Å². The molecule has 0 spiro atoms. The van der Waals surface area contributed by atoms with Gasteiger partial charge in [0.25, 0.3) is 0 Å². The lowest BCUT2D eigenvalue weighted by molar-refractivity contribution is -0.122. The molecule has 0 radical (unpaired) electrons. The Morgan fingerprint density at radius 3 is 2.96 bits per heavy atom.